The number of halogens is 3. The number of ether oxygens (including phenoxy) is 2. The highest BCUT2D eigenvalue weighted by Gasteiger charge is 2.18. The Morgan fingerprint density at radius 1 is 1.08 bits per heavy atom. The van der Waals surface area contributed by atoms with Gasteiger partial charge < -0.3 is 9.47 Å². The molecule has 1 saturated heterocycles. The Kier molecular flexibility index (Phi) is 6.54. The maximum atomic E-state index is 13.4. The summed E-state index contributed by atoms with van der Waals surface area (Å²) in [6, 6.07) is 12.0. The van der Waals surface area contributed by atoms with Gasteiger partial charge in [0, 0.05) is 37.1 Å². The average Bonchev–Trinajstić information content (AvgIpc) is 2.63. The third-order valence-electron chi connectivity index (χ3n) is 4.22. The molecule has 1 heterocycles. The Morgan fingerprint density at radius 3 is 2.48 bits per heavy atom. The van der Waals surface area contributed by atoms with Crippen LogP contribution >= 0.6 is 23.2 Å². The van der Waals surface area contributed by atoms with Crippen molar-refractivity contribution in [3.63, 3.8) is 0 Å². The van der Waals surface area contributed by atoms with Crippen molar-refractivity contribution in [1.82, 2.24) is 4.90 Å². The van der Waals surface area contributed by atoms with Crippen LogP contribution in [0.5, 0.6) is 5.75 Å². The smallest absolute Gasteiger partial charge is 0.142 e. The van der Waals surface area contributed by atoms with E-state index >= 15 is 0 Å². The van der Waals surface area contributed by atoms with E-state index in [2.05, 4.69) is 4.90 Å². The predicted octanol–water partition coefficient (Wildman–Crippen LogP) is 4.97. The van der Waals surface area contributed by atoms with E-state index in [1.54, 1.807) is 6.07 Å². The minimum Gasteiger partial charge on any atom is -0.486 e. The van der Waals surface area contributed by atoms with E-state index in [9.17, 15) is 4.39 Å². The molecule has 3 nitrogen and oxygen atoms in total. The van der Waals surface area contributed by atoms with Gasteiger partial charge in [0.05, 0.1) is 18.2 Å². The fraction of sp³-hybridized carbons (Fsp3) is 0.368. The van der Waals surface area contributed by atoms with Gasteiger partial charge >= 0.3 is 0 Å². The Labute approximate surface area is 157 Å². The molecular formula is C19H20Cl2FNO2. The molecule has 1 aliphatic heterocycles. The second-order valence-corrected chi connectivity index (χ2v) is 6.82. The second kappa shape index (κ2) is 8.86. The molecule has 134 valence electrons. The van der Waals surface area contributed by atoms with Crippen molar-refractivity contribution in [3.05, 3.63) is 63.9 Å². The average molecular weight is 384 g/mol. The van der Waals surface area contributed by atoms with Gasteiger partial charge in [-0.25, -0.2) is 4.39 Å². The lowest BCUT2D eigenvalue weighted by Crippen LogP contribution is -2.37. The van der Waals surface area contributed by atoms with E-state index in [0.717, 1.165) is 44.8 Å². The summed E-state index contributed by atoms with van der Waals surface area (Å²) in [7, 11) is 0. The summed E-state index contributed by atoms with van der Waals surface area (Å²) in [6.07, 6.45) is 0.637. The van der Waals surface area contributed by atoms with E-state index in [4.69, 9.17) is 32.7 Å². The summed E-state index contributed by atoms with van der Waals surface area (Å²) in [4.78, 5) is 2.35. The summed E-state index contributed by atoms with van der Waals surface area (Å²) in [5.74, 6) is 0.0960. The molecule has 1 aliphatic rings. The van der Waals surface area contributed by atoms with Gasteiger partial charge in [0.2, 0.25) is 0 Å². The fourth-order valence-corrected chi connectivity index (χ4v) is 3.11. The van der Waals surface area contributed by atoms with Crippen LogP contribution in [-0.2, 0) is 4.74 Å². The molecule has 0 bridgehead atoms. The zero-order valence-electron chi connectivity index (χ0n) is 13.8. The van der Waals surface area contributed by atoms with Crippen molar-refractivity contribution in [2.24, 2.45) is 0 Å². The van der Waals surface area contributed by atoms with Crippen LogP contribution in [0, 0.1) is 5.82 Å². The third-order valence-corrected chi connectivity index (χ3v) is 4.76. The molecule has 0 aliphatic carbocycles. The van der Waals surface area contributed by atoms with Crippen LogP contribution in [-0.4, -0.2) is 37.7 Å². The number of hydrogen-bond donors (Lipinski definition) is 0. The third kappa shape index (κ3) is 5.32. The van der Waals surface area contributed by atoms with Gasteiger partial charge in [-0.05, 0) is 29.8 Å². The highest BCUT2D eigenvalue weighted by atomic mass is 35.5. The molecule has 0 radical (unpaired) electrons. The maximum absolute atomic E-state index is 13.4. The lowest BCUT2D eigenvalue weighted by molar-refractivity contribution is 0.0317. The van der Waals surface area contributed by atoms with Crippen LogP contribution in [0.25, 0.3) is 0 Å². The van der Waals surface area contributed by atoms with Crippen LogP contribution in [0.3, 0.4) is 0 Å². The van der Waals surface area contributed by atoms with E-state index in [-0.39, 0.29) is 11.1 Å². The minimum atomic E-state index is -0.453. The topological polar surface area (TPSA) is 21.7 Å². The van der Waals surface area contributed by atoms with Gasteiger partial charge in [0.25, 0.3) is 0 Å². The van der Waals surface area contributed by atoms with Gasteiger partial charge in [-0.2, -0.15) is 0 Å². The maximum Gasteiger partial charge on any atom is 0.142 e. The van der Waals surface area contributed by atoms with Crippen molar-refractivity contribution in [2.75, 3.05) is 32.8 Å². The lowest BCUT2D eigenvalue weighted by atomic mass is 10.1. The monoisotopic (exact) mass is 383 g/mol. The molecule has 25 heavy (non-hydrogen) atoms. The van der Waals surface area contributed by atoms with Gasteiger partial charge in [-0.15, -0.1) is 0 Å². The van der Waals surface area contributed by atoms with Crippen LogP contribution in [0.15, 0.2) is 42.5 Å². The molecule has 0 spiro atoms. The first-order valence-corrected chi connectivity index (χ1v) is 9.05. The summed E-state index contributed by atoms with van der Waals surface area (Å²) in [5.41, 5.74) is 1.03. The standard InChI is InChI=1S/C19H20Cl2FNO2/c20-15-3-1-14(2-4-15)19(7-8-23-9-11-24-12-10-23)25-16-5-6-18(22)17(21)13-16/h1-6,13,19H,7-12H2. The Bertz CT molecular complexity index is 690. The summed E-state index contributed by atoms with van der Waals surface area (Å²) in [6.45, 7) is 4.27. The molecule has 0 aromatic heterocycles. The van der Waals surface area contributed by atoms with Crippen LogP contribution < -0.4 is 4.74 Å². The van der Waals surface area contributed by atoms with Crippen molar-refractivity contribution in [1.29, 1.82) is 0 Å². The molecule has 3 rings (SSSR count). The Morgan fingerprint density at radius 2 is 1.80 bits per heavy atom. The number of nitrogens with zero attached hydrogens (tertiary/aromatic N) is 1. The van der Waals surface area contributed by atoms with Crippen molar-refractivity contribution < 1.29 is 13.9 Å². The first-order valence-electron chi connectivity index (χ1n) is 8.29. The largest absolute Gasteiger partial charge is 0.486 e. The zero-order valence-corrected chi connectivity index (χ0v) is 15.3. The van der Waals surface area contributed by atoms with Gasteiger partial charge in [-0.3, -0.25) is 4.90 Å². The van der Waals surface area contributed by atoms with E-state index in [1.807, 2.05) is 24.3 Å². The normalized spacial score (nSPS) is 16.6. The molecule has 1 atom stereocenters. The molecule has 0 amide bonds. The lowest BCUT2D eigenvalue weighted by Gasteiger charge is -2.28. The van der Waals surface area contributed by atoms with Gasteiger partial charge in [0.1, 0.15) is 17.7 Å². The molecule has 2 aromatic carbocycles. The number of morpholine rings is 1. The second-order valence-electron chi connectivity index (χ2n) is 5.98. The first kappa shape index (κ1) is 18.5. The van der Waals surface area contributed by atoms with Crippen molar-refractivity contribution in [2.45, 2.75) is 12.5 Å². The van der Waals surface area contributed by atoms with E-state index < -0.39 is 5.82 Å². The summed E-state index contributed by atoms with van der Waals surface area (Å²) >= 11 is 11.9. The van der Waals surface area contributed by atoms with Gasteiger partial charge in [-0.1, -0.05) is 35.3 Å². The van der Waals surface area contributed by atoms with Gasteiger partial charge in [0.15, 0.2) is 0 Å². The molecule has 1 unspecified atom stereocenters. The predicted molar refractivity (Wildman–Crippen MR) is 98.1 cm³/mol. The van der Waals surface area contributed by atoms with Crippen molar-refractivity contribution >= 4 is 23.2 Å². The molecule has 2 aromatic rings. The number of hydrogen-bond acceptors (Lipinski definition) is 3. The highest BCUT2D eigenvalue weighted by Crippen LogP contribution is 2.29. The molecule has 0 saturated carbocycles. The summed E-state index contributed by atoms with van der Waals surface area (Å²) in [5, 5.41) is 0.737. The van der Waals surface area contributed by atoms with Crippen LogP contribution in [0.4, 0.5) is 4.39 Å². The molecule has 1 fully saturated rings. The SMILES string of the molecule is Fc1ccc(OC(CCN2CCOCC2)c2ccc(Cl)cc2)cc1Cl. The molecular weight excluding hydrogens is 364 g/mol. The van der Waals surface area contributed by atoms with Crippen LogP contribution in [0.2, 0.25) is 10.0 Å². The molecule has 6 heteroatoms. The Balaban J connectivity index is 1.73. The summed E-state index contributed by atoms with van der Waals surface area (Å²) < 4.78 is 24.9. The number of rotatable bonds is 6. The zero-order chi connectivity index (χ0) is 17.6. The fourth-order valence-electron chi connectivity index (χ4n) is 2.81. The molecule has 0 N–H and O–H groups in total. The first-order chi connectivity index (χ1) is 12.1. The Hall–Kier alpha value is -1.33. The quantitative estimate of drug-likeness (QED) is 0.702. The highest BCUT2D eigenvalue weighted by molar-refractivity contribution is 6.31. The number of benzene rings is 2. The van der Waals surface area contributed by atoms with E-state index in [1.165, 1.54) is 12.1 Å². The van der Waals surface area contributed by atoms with E-state index in [0.29, 0.717) is 10.8 Å². The van der Waals surface area contributed by atoms with Crippen molar-refractivity contribution in [3.8, 4) is 5.75 Å². The van der Waals surface area contributed by atoms with Crippen LogP contribution in [0.1, 0.15) is 18.1 Å². The minimum absolute atomic E-state index is 0.0561.